The number of hydrogen-bond acceptors (Lipinski definition) is 3. The van der Waals surface area contributed by atoms with E-state index in [1.54, 1.807) is 0 Å². The minimum absolute atomic E-state index is 0.115. The van der Waals surface area contributed by atoms with Crippen LogP contribution in [0.3, 0.4) is 0 Å². The molecule has 0 spiro atoms. The number of rotatable bonds is 3. The number of nitrogens with zero attached hydrogens (tertiary/aromatic N) is 1. The molecule has 1 aliphatic carbocycles. The Morgan fingerprint density at radius 2 is 1.94 bits per heavy atom. The van der Waals surface area contributed by atoms with E-state index in [-0.39, 0.29) is 29.5 Å². The van der Waals surface area contributed by atoms with Gasteiger partial charge in [-0.05, 0) is 32.6 Å². The van der Waals surface area contributed by atoms with Crippen LogP contribution < -0.4 is 5.32 Å². The van der Waals surface area contributed by atoms with Crippen LogP contribution in [0, 0.1) is 5.41 Å². The maximum atomic E-state index is 12.3. The summed E-state index contributed by atoms with van der Waals surface area (Å²) in [5, 5.41) is 13.1. The van der Waals surface area contributed by atoms with E-state index in [2.05, 4.69) is 19.2 Å². The Kier molecular flexibility index (Phi) is 3.97. The molecule has 0 aromatic heterocycles. The first kappa shape index (κ1) is 13.8. The number of hydrogen-bond donors (Lipinski definition) is 2. The van der Waals surface area contributed by atoms with E-state index in [4.69, 9.17) is 0 Å². The highest BCUT2D eigenvalue weighted by Gasteiger charge is 2.48. The molecule has 1 heterocycles. The summed E-state index contributed by atoms with van der Waals surface area (Å²) in [6.07, 6.45) is 4.02. The van der Waals surface area contributed by atoms with Crippen LogP contribution in [-0.2, 0) is 4.79 Å². The van der Waals surface area contributed by atoms with Crippen LogP contribution >= 0.6 is 0 Å². The van der Waals surface area contributed by atoms with Gasteiger partial charge in [0.25, 0.3) is 0 Å². The molecular formula is C14H26N2O2. The van der Waals surface area contributed by atoms with Gasteiger partial charge >= 0.3 is 0 Å². The molecular weight excluding hydrogens is 228 g/mol. The Morgan fingerprint density at radius 3 is 2.44 bits per heavy atom. The van der Waals surface area contributed by atoms with Gasteiger partial charge in [0.05, 0.1) is 12.1 Å². The van der Waals surface area contributed by atoms with Crippen molar-refractivity contribution in [2.75, 3.05) is 13.1 Å². The van der Waals surface area contributed by atoms with Crippen molar-refractivity contribution in [3.8, 4) is 0 Å². The van der Waals surface area contributed by atoms with E-state index in [1.165, 1.54) is 6.42 Å². The number of likely N-dealkylation sites (tertiary alicyclic amines) is 1. The molecule has 0 bridgehead atoms. The summed E-state index contributed by atoms with van der Waals surface area (Å²) < 4.78 is 0. The van der Waals surface area contributed by atoms with Gasteiger partial charge in [0.2, 0.25) is 5.91 Å². The predicted octanol–water partition coefficient (Wildman–Crippen LogP) is 1.14. The van der Waals surface area contributed by atoms with Gasteiger partial charge in [0.15, 0.2) is 0 Å². The van der Waals surface area contributed by atoms with Gasteiger partial charge in [-0.3, -0.25) is 4.79 Å². The van der Waals surface area contributed by atoms with Gasteiger partial charge in [-0.15, -0.1) is 0 Å². The average molecular weight is 254 g/mol. The molecule has 1 amide bonds. The summed E-state index contributed by atoms with van der Waals surface area (Å²) in [6.45, 7) is 7.86. The number of aliphatic hydroxyl groups is 1. The van der Waals surface area contributed by atoms with E-state index in [0.717, 1.165) is 32.4 Å². The third kappa shape index (κ3) is 2.54. The summed E-state index contributed by atoms with van der Waals surface area (Å²) in [4.78, 5) is 14.2. The quantitative estimate of drug-likeness (QED) is 0.794. The molecule has 1 saturated carbocycles. The molecule has 2 N–H and O–H groups in total. The first-order chi connectivity index (χ1) is 8.43. The summed E-state index contributed by atoms with van der Waals surface area (Å²) in [5.74, 6) is 0.215. The van der Waals surface area contributed by atoms with E-state index in [9.17, 15) is 9.90 Å². The lowest BCUT2D eigenvalue weighted by atomic mass is 9.64. The van der Waals surface area contributed by atoms with Crippen LogP contribution in [0.4, 0.5) is 0 Å². The zero-order valence-corrected chi connectivity index (χ0v) is 11.8. The van der Waals surface area contributed by atoms with Crippen LogP contribution in [0.5, 0.6) is 0 Å². The van der Waals surface area contributed by atoms with Crippen molar-refractivity contribution < 1.29 is 9.90 Å². The van der Waals surface area contributed by atoms with Crippen LogP contribution in [-0.4, -0.2) is 47.2 Å². The monoisotopic (exact) mass is 254 g/mol. The molecule has 1 saturated heterocycles. The standard InChI is InChI=1S/C14H26N2O2/c1-10(13(18)16-7-5-4-6-8-16)15-11-9-12(17)14(11,2)3/h10-12,15,17H,4-9H2,1-3H3. The van der Waals surface area contributed by atoms with Crippen molar-refractivity contribution in [1.29, 1.82) is 0 Å². The summed E-state index contributed by atoms with van der Waals surface area (Å²) in [6, 6.07) is 0.108. The van der Waals surface area contributed by atoms with Gasteiger partial charge in [-0.25, -0.2) is 0 Å². The van der Waals surface area contributed by atoms with Crippen molar-refractivity contribution in [3.05, 3.63) is 0 Å². The summed E-state index contributed by atoms with van der Waals surface area (Å²) >= 11 is 0. The molecule has 1 aliphatic heterocycles. The topological polar surface area (TPSA) is 52.6 Å². The predicted molar refractivity (Wildman–Crippen MR) is 71.2 cm³/mol. The second-order valence-electron chi connectivity index (χ2n) is 6.40. The lowest BCUT2D eigenvalue weighted by Gasteiger charge is -2.50. The molecule has 2 fully saturated rings. The van der Waals surface area contributed by atoms with Crippen LogP contribution in [0.15, 0.2) is 0 Å². The number of nitrogens with one attached hydrogen (secondary N) is 1. The van der Waals surface area contributed by atoms with Gasteiger partial charge in [0.1, 0.15) is 0 Å². The molecule has 2 aliphatic rings. The SMILES string of the molecule is CC(NC1CC(O)C1(C)C)C(=O)N1CCCCC1. The van der Waals surface area contributed by atoms with Crippen LogP contribution in [0.2, 0.25) is 0 Å². The first-order valence-corrected chi connectivity index (χ1v) is 7.16. The van der Waals surface area contributed by atoms with Crippen molar-refractivity contribution in [1.82, 2.24) is 10.2 Å². The van der Waals surface area contributed by atoms with Gasteiger partial charge in [-0.1, -0.05) is 13.8 Å². The Hall–Kier alpha value is -0.610. The molecule has 0 aromatic rings. The highest BCUT2D eigenvalue weighted by Crippen LogP contribution is 2.40. The van der Waals surface area contributed by atoms with Crippen molar-refractivity contribution >= 4 is 5.91 Å². The molecule has 4 heteroatoms. The highest BCUT2D eigenvalue weighted by atomic mass is 16.3. The fourth-order valence-electron chi connectivity index (χ4n) is 2.95. The van der Waals surface area contributed by atoms with Crippen molar-refractivity contribution in [2.45, 2.75) is 64.6 Å². The Morgan fingerprint density at radius 1 is 1.33 bits per heavy atom. The molecule has 18 heavy (non-hydrogen) atoms. The first-order valence-electron chi connectivity index (χ1n) is 7.16. The van der Waals surface area contributed by atoms with Gasteiger partial charge in [-0.2, -0.15) is 0 Å². The lowest BCUT2D eigenvalue weighted by molar-refractivity contribution is -0.136. The molecule has 2 rings (SSSR count). The molecule has 4 nitrogen and oxygen atoms in total. The molecule has 0 radical (unpaired) electrons. The number of amides is 1. The third-order valence-corrected chi connectivity index (χ3v) is 4.71. The third-order valence-electron chi connectivity index (χ3n) is 4.71. The number of carbonyl (C=O) groups is 1. The molecule has 3 unspecified atom stereocenters. The number of aliphatic hydroxyl groups excluding tert-OH is 1. The maximum Gasteiger partial charge on any atom is 0.239 e. The fraction of sp³-hybridized carbons (Fsp3) is 0.929. The molecule has 104 valence electrons. The van der Waals surface area contributed by atoms with Crippen molar-refractivity contribution in [3.63, 3.8) is 0 Å². The van der Waals surface area contributed by atoms with Gasteiger partial charge in [0, 0.05) is 24.5 Å². The highest BCUT2D eigenvalue weighted by molar-refractivity contribution is 5.81. The Balaban J connectivity index is 1.84. The maximum absolute atomic E-state index is 12.3. The normalized spacial score (nSPS) is 32.8. The smallest absolute Gasteiger partial charge is 0.239 e. The van der Waals surface area contributed by atoms with Crippen LogP contribution in [0.1, 0.15) is 46.5 Å². The zero-order valence-electron chi connectivity index (χ0n) is 11.8. The fourth-order valence-corrected chi connectivity index (χ4v) is 2.95. The number of carbonyl (C=O) groups excluding carboxylic acids is 1. The summed E-state index contributed by atoms with van der Waals surface area (Å²) in [5.41, 5.74) is -0.115. The lowest BCUT2D eigenvalue weighted by Crippen LogP contribution is -2.63. The molecule has 0 aromatic carbocycles. The van der Waals surface area contributed by atoms with Crippen LogP contribution in [0.25, 0.3) is 0 Å². The van der Waals surface area contributed by atoms with Crippen molar-refractivity contribution in [2.24, 2.45) is 5.41 Å². The van der Waals surface area contributed by atoms with E-state index in [0.29, 0.717) is 0 Å². The minimum atomic E-state index is -0.243. The Bertz CT molecular complexity index is 311. The number of piperidine rings is 1. The van der Waals surface area contributed by atoms with Gasteiger partial charge < -0.3 is 15.3 Å². The largest absolute Gasteiger partial charge is 0.392 e. The van der Waals surface area contributed by atoms with E-state index >= 15 is 0 Å². The van der Waals surface area contributed by atoms with E-state index in [1.807, 2.05) is 11.8 Å². The summed E-state index contributed by atoms with van der Waals surface area (Å²) in [7, 11) is 0. The molecule has 3 atom stereocenters. The minimum Gasteiger partial charge on any atom is -0.392 e. The zero-order chi connectivity index (χ0) is 13.3. The second kappa shape index (κ2) is 5.17. The second-order valence-corrected chi connectivity index (χ2v) is 6.40. The van der Waals surface area contributed by atoms with E-state index < -0.39 is 0 Å². The Labute approximate surface area is 110 Å². The average Bonchev–Trinajstić information content (AvgIpc) is 2.38.